The van der Waals surface area contributed by atoms with Gasteiger partial charge >= 0.3 is 5.97 Å². The molecular formula is C16H18O4. The summed E-state index contributed by atoms with van der Waals surface area (Å²) in [4.78, 5) is 11.6. The average molecular weight is 274 g/mol. The summed E-state index contributed by atoms with van der Waals surface area (Å²) in [5.41, 5.74) is -0.0137. The van der Waals surface area contributed by atoms with Gasteiger partial charge in [0.15, 0.2) is 0 Å². The molecule has 0 aliphatic rings. The van der Waals surface area contributed by atoms with Gasteiger partial charge in [0.05, 0.1) is 18.3 Å². The summed E-state index contributed by atoms with van der Waals surface area (Å²) < 4.78 is 10.6. The van der Waals surface area contributed by atoms with E-state index >= 15 is 0 Å². The van der Waals surface area contributed by atoms with Gasteiger partial charge in [-0.25, -0.2) is 4.79 Å². The lowest BCUT2D eigenvalue weighted by Gasteiger charge is -2.08. The highest BCUT2D eigenvalue weighted by Gasteiger charge is 2.11. The molecule has 0 radical (unpaired) electrons. The van der Waals surface area contributed by atoms with E-state index in [1.807, 2.05) is 24.3 Å². The van der Waals surface area contributed by atoms with Crippen LogP contribution in [0.3, 0.4) is 0 Å². The van der Waals surface area contributed by atoms with E-state index in [0.717, 1.165) is 10.8 Å². The minimum atomic E-state index is -0.998. The number of ether oxygens (including phenoxy) is 1. The molecular weight excluding hydrogens is 256 g/mol. The molecule has 1 N–H and O–H groups in total. The molecule has 4 nitrogen and oxygen atoms in total. The van der Waals surface area contributed by atoms with Crippen molar-refractivity contribution < 1.29 is 19.1 Å². The number of carbonyl (C=O) groups excluding carboxylic acids is 1. The van der Waals surface area contributed by atoms with Crippen molar-refractivity contribution in [1.29, 1.82) is 0 Å². The smallest absolute Gasteiger partial charge is 0.334 e. The van der Waals surface area contributed by atoms with Gasteiger partial charge in [-0.2, -0.15) is 0 Å². The van der Waals surface area contributed by atoms with Crippen molar-refractivity contribution in [1.82, 2.24) is 0 Å². The highest BCUT2D eigenvalue weighted by Crippen LogP contribution is 2.08. The number of furan rings is 1. The molecule has 106 valence electrons. The van der Waals surface area contributed by atoms with Crippen LogP contribution in [0.2, 0.25) is 0 Å². The molecule has 0 saturated heterocycles. The summed E-state index contributed by atoms with van der Waals surface area (Å²) in [7, 11) is 0. The Morgan fingerprint density at radius 3 is 2.45 bits per heavy atom. The number of fused-ring (bicyclic) bond motifs is 1. The van der Waals surface area contributed by atoms with Crippen molar-refractivity contribution in [2.75, 3.05) is 6.61 Å². The number of esters is 1. The van der Waals surface area contributed by atoms with Crippen LogP contribution in [0.25, 0.3) is 22.9 Å². The monoisotopic (exact) mass is 274 g/mol. The molecule has 1 heterocycles. The van der Waals surface area contributed by atoms with E-state index < -0.39 is 11.6 Å². The molecule has 2 rings (SSSR count). The molecule has 0 amide bonds. The first kappa shape index (κ1) is 14.3. The SMILES string of the molecule is CCOC(=O)/C=c1\o/c(=C\C(C)(C)O)c2ccccc12. The highest BCUT2D eigenvalue weighted by molar-refractivity contribution is 6.01. The Morgan fingerprint density at radius 1 is 1.30 bits per heavy atom. The number of carbonyl (C=O) groups is 1. The summed E-state index contributed by atoms with van der Waals surface area (Å²) in [5.74, 6) is -0.443. The van der Waals surface area contributed by atoms with Crippen LogP contribution in [0.15, 0.2) is 28.7 Å². The van der Waals surface area contributed by atoms with Crippen LogP contribution in [0, 0.1) is 0 Å². The number of benzene rings is 1. The molecule has 1 aromatic heterocycles. The maximum Gasteiger partial charge on any atom is 0.334 e. The molecule has 1 aromatic carbocycles. The van der Waals surface area contributed by atoms with E-state index in [2.05, 4.69) is 0 Å². The van der Waals surface area contributed by atoms with Crippen LogP contribution in [0.5, 0.6) is 0 Å². The van der Waals surface area contributed by atoms with Gasteiger partial charge in [-0.05, 0) is 26.8 Å². The molecule has 0 bridgehead atoms. The third-order valence-corrected chi connectivity index (χ3v) is 2.70. The quantitative estimate of drug-likeness (QED) is 0.858. The standard InChI is InChI=1S/C16H18O4/c1-4-19-15(17)9-13-11-7-5-6-8-12(11)14(20-13)10-16(2,3)18/h5-10,18H,4H2,1-3H3/b13-9-,14-10-. The third-order valence-electron chi connectivity index (χ3n) is 2.70. The number of aliphatic hydroxyl groups is 1. The van der Waals surface area contributed by atoms with Gasteiger partial charge in [-0.15, -0.1) is 0 Å². The van der Waals surface area contributed by atoms with Crippen molar-refractivity contribution >= 4 is 28.9 Å². The fourth-order valence-corrected chi connectivity index (χ4v) is 1.97. The van der Waals surface area contributed by atoms with Crippen molar-refractivity contribution in [2.24, 2.45) is 0 Å². The predicted octanol–water partition coefficient (Wildman–Crippen LogP) is 1.33. The second-order valence-electron chi connectivity index (χ2n) is 5.07. The van der Waals surface area contributed by atoms with E-state index in [9.17, 15) is 9.90 Å². The first-order chi connectivity index (χ1) is 9.40. The lowest BCUT2D eigenvalue weighted by molar-refractivity contribution is -0.135. The molecule has 2 aromatic rings. The van der Waals surface area contributed by atoms with Gasteiger partial charge in [-0.1, -0.05) is 24.3 Å². The Labute approximate surface area is 117 Å². The van der Waals surface area contributed by atoms with Crippen molar-refractivity contribution in [3.8, 4) is 0 Å². The topological polar surface area (TPSA) is 59.7 Å². The summed E-state index contributed by atoms with van der Waals surface area (Å²) >= 11 is 0. The lowest BCUT2D eigenvalue weighted by Crippen LogP contribution is -2.18. The maximum absolute atomic E-state index is 11.6. The first-order valence-corrected chi connectivity index (χ1v) is 6.52. The zero-order chi connectivity index (χ0) is 14.8. The minimum absolute atomic E-state index is 0.316. The number of hydrogen-bond donors (Lipinski definition) is 1. The minimum Gasteiger partial charge on any atom is -0.463 e. The fraction of sp³-hybridized carbons (Fsp3) is 0.312. The van der Waals surface area contributed by atoms with Crippen molar-refractivity contribution in [3.63, 3.8) is 0 Å². The predicted molar refractivity (Wildman–Crippen MR) is 77.3 cm³/mol. The number of rotatable bonds is 3. The Bertz CT molecular complexity index is 732. The summed E-state index contributed by atoms with van der Waals surface area (Å²) in [6.45, 7) is 5.40. The van der Waals surface area contributed by atoms with Gasteiger partial charge in [0, 0.05) is 10.8 Å². The van der Waals surface area contributed by atoms with Crippen LogP contribution in [-0.2, 0) is 9.53 Å². The molecule has 0 aliphatic heterocycles. The van der Waals surface area contributed by atoms with E-state index in [4.69, 9.17) is 9.15 Å². The van der Waals surface area contributed by atoms with Crippen molar-refractivity contribution in [3.05, 3.63) is 35.1 Å². The highest BCUT2D eigenvalue weighted by atomic mass is 16.5. The molecule has 20 heavy (non-hydrogen) atoms. The van der Waals surface area contributed by atoms with Gasteiger partial charge in [0.2, 0.25) is 0 Å². The lowest BCUT2D eigenvalue weighted by atomic mass is 10.1. The molecule has 4 heteroatoms. The summed E-state index contributed by atoms with van der Waals surface area (Å²) in [5, 5.41) is 11.6. The van der Waals surface area contributed by atoms with Crippen LogP contribution < -0.4 is 10.8 Å². The van der Waals surface area contributed by atoms with Crippen LogP contribution in [0.1, 0.15) is 20.8 Å². The molecule has 0 aliphatic carbocycles. The zero-order valence-corrected chi connectivity index (χ0v) is 11.8. The Kier molecular flexibility index (Phi) is 3.95. The average Bonchev–Trinajstić information content (AvgIpc) is 2.66. The van der Waals surface area contributed by atoms with Crippen LogP contribution >= 0.6 is 0 Å². The molecule has 0 spiro atoms. The van der Waals surface area contributed by atoms with Crippen LogP contribution in [-0.4, -0.2) is 23.3 Å². The Hall–Kier alpha value is -2.07. The second kappa shape index (κ2) is 5.51. The van der Waals surface area contributed by atoms with E-state index in [1.165, 1.54) is 6.08 Å². The van der Waals surface area contributed by atoms with Crippen LogP contribution in [0.4, 0.5) is 0 Å². The third kappa shape index (κ3) is 3.27. The van der Waals surface area contributed by atoms with Gasteiger partial charge in [-0.3, -0.25) is 0 Å². The van der Waals surface area contributed by atoms with E-state index in [0.29, 0.717) is 17.4 Å². The van der Waals surface area contributed by atoms with Gasteiger partial charge in [0.1, 0.15) is 10.8 Å². The summed E-state index contributed by atoms with van der Waals surface area (Å²) in [6.07, 6.45) is 2.95. The second-order valence-corrected chi connectivity index (χ2v) is 5.07. The Morgan fingerprint density at radius 2 is 1.90 bits per heavy atom. The van der Waals surface area contributed by atoms with E-state index in [-0.39, 0.29) is 0 Å². The largest absolute Gasteiger partial charge is 0.463 e. The van der Waals surface area contributed by atoms with E-state index in [1.54, 1.807) is 26.8 Å². The Balaban J connectivity index is 2.70. The molecule has 0 unspecified atom stereocenters. The maximum atomic E-state index is 11.6. The molecule has 0 atom stereocenters. The number of hydrogen-bond acceptors (Lipinski definition) is 4. The first-order valence-electron chi connectivity index (χ1n) is 6.52. The molecule has 0 saturated carbocycles. The zero-order valence-electron chi connectivity index (χ0n) is 11.8. The van der Waals surface area contributed by atoms with Gasteiger partial charge in [0.25, 0.3) is 0 Å². The van der Waals surface area contributed by atoms with Gasteiger partial charge < -0.3 is 14.3 Å². The fourth-order valence-electron chi connectivity index (χ4n) is 1.97. The molecule has 0 fully saturated rings. The van der Waals surface area contributed by atoms with Crippen molar-refractivity contribution in [2.45, 2.75) is 26.4 Å². The summed E-state index contributed by atoms with van der Waals surface area (Å²) in [6, 6.07) is 7.51. The normalized spacial score (nSPS) is 14.0.